The van der Waals surface area contributed by atoms with Gasteiger partial charge in [-0.2, -0.15) is 12.6 Å². The maximum absolute atomic E-state index is 13.5. The van der Waals surface area contributed by atoms with Crippen molar-refractivity contribution in [2.24, 2.45) is 0 Å². The first-order valence-electron chi connectivity index (χ1n) is 11.8. The number of carbonyl (C=O) groups is 1. The summed E-state index contributed by atoms with van der Waals surface area (Å²) in [7, 11) is 1.57. The van der Waals surface area contributed by atoms with E-state index in [1.54, 1.807) is 43.6 Å². The summed E-state index contributed by atoms with van der Waals surface area (Å²) in [5.74, 6) is 1.85. The first-order chi connectivity index (χ1) is 18.0. The van der Waals surface area contributed by atoms with Crippen molar-refractivity contribution in [3.05, 3.63) is 72.4 Å². The van der Waals surface area contributed by atoms with Gasteiger partial charge in [0.1, 0.15) is 23.2 Å². The van der Waals surface area contributed by atoms with Gasteiger partial charge in [-0.3, -0.25) is 4.79 Å². The average molecular weight is 522 g/mol. The minimum absolute atomic E-state index is 0.0568. The molecule has 4 aromatic rings. The van der Waals surface area contributed by atoms with Crippen molar-refractivity contribution in [3.8, 4) is 28.3 Å². The van der Waals surface area contributed by atoms with E-state index in [-0.39, 0.29) is 18.3 Å². The van der Waals surface area contributed by atoms with Crippen molar-refractivity contribution >= 4 is 35.7 Å². The van der Waals surface area contributed by atoms with Crippen LogP contribution in [0.4, 0.5) is 21.6 Å². The van der Waals surface area contributed by atoms with E-state index in [2.05, 4.69) is 33.2 Å². The zero-order valence-electron chi connectivity index (χ0n) is 20.3. The van der Waals surface area contributed by atoms with Crippen molar-refractivity contribution in [3.63, 3.8) is 0 Å². The average Bonchev–Trinajstić information content (AvgIpc) is 3.33. The molecule has 0 saturated carbocycles. The monoisotopic (exact) mass is 521 g/mol. The van der Waals surface area contributed by atoms with E-state index < -0.39 is 0 Å². The number of H-pyrrole nitrogens is 1. The highest BCUT2D eigenvalue weighted by Crippen LogP contribution is 2.34. The maximum Gasteiger partial charge on any atom is 0.225 e. The van der Waals surface area contributed by atoms with E-state index >= 15 is 0 Å². The van der Waals surface area contributed by atoms with Gasteiger partial charge >= 0.3 is 0 Å². The first-order valence-corrected chi connectivity index (χ1v) is 12.4. The topological polar surface area (TPSA) is 112 Å². The molecule has 37 heavy (non-hydrogen) atoms. The van der Waals surface area contributed by atoms with E-state index in [9.17, 15) is 14.3 Å². The number of methoxy groups -OCH3 is 1. The lowest BCUT2D eigenvalue weighted by Gasteiger charge is -2.14. The number of rotatable bonds is 11. The Kier molecular flexibility index (Phi) is 8.76. The number of pyridine rings is 1. The molecule has 0 aliphatic rings. The lowest BCUT2D eigenvalue weighted by molar-refractivity contribution is -0.115. The molecule has 2 heterocycles. The number of halogens is 1. The minimum Gasteiger partial charge on any atom is -0.495 e. The molecule has 0 unspecified atom stereocenters. The molecule has 0 fully saturated rings. The van der Waals surface area contributed by atoms with Gasteiger partial charge in [-0.05, 0) is 66.8 Å². The molecule has 1 amide bonds. The van der Waals surface area contributed by atoms with Crippen LogP contribution < -0.4 is 15.4 Å². The highest BCUT2D eigenvalue weighted by atomic mass is 32.1. The van der Waals surface area contributed by atoms with Crippen molar-refractivity contribution in [2.45, 2.75) is 19.3 Å². The molecule has 8 nitrogen and oxygen atoms in total. The molecule has 0 aliphatic carbocycles. The Morgan fingerprint density at radius 2 is 1.95 bits per heavy atom. The van der Waals surface area contributed by atoms with Gasteiger partial charge in [0.05, 0.1) is 24.2 Å². The van der Waals surface area contributed by atoms with Gasteiger partial charge in [-0.15, -0.1) is 0 Å². The summed E-state index contributed by atoms with van der Waals surface area (Å²) in [5, 5.41) is 15.4. The van der Waals surface area contributed by atoms with Crippen LogP contribution in [0.5, 0.6) is 5.75 Å². The summed E-state index contributed by atoms with van der Waals surface area (Å²) in [5.41, 5.74) is 4.25. The second-order valence-electron chi connectivity index (χ2n) is 8.23. The zero-order chi connectivity index (χ0) is 26.2. The molecule has 0 radical (unpaired) electrons. The van der Waals surface area contributed by atoms with Crippen LogP contribution in [0, 0.1) is 5.82 Å². The number of nitrogens with one attached hydrogen (secondary N) is 3. The molecule has 2 aromatic heterocycles. The Morgan fingerprint density at radius 1 is 1.14 bits per heavy atom. The molecule has 4 N–H and O–H groups in total. The number of amides is 1. The van der Waals surface area contributed by atoms with Gasteiger partial charge in [0, 0.05) is 42.5 Å². The number of thiol groups is 1. The summed E-state index contributed by atoms with van der Waals surface area (Å²) in [6, 6.07) is 15.2. The van der Waals surface area contributed by atoms with Crippen LogP contribution in [-0.4, -0.2) is 45.4 Å². The van der Waals surface area contributed by atoms with Gasteiger partial charge in [0.25, 0.3) is 0 Å². The molecule has 0 atom stereocenters. The highest BCUT2D eigenvalue weighted by molar-refractivity contribution is 7.80. The van der Waals surface area contributed by atoms with Crippen LogP contribution in [0.25, 0.3) is 22.5 Å². The largest absolute Gasteiger partial charge is 0.495 e. The summed E-state index contributed by atoms with van der Waals surface area (Å²) < 4.78 is 19.0. The molecule has 0 bridgehead atoms. The predicted molar refractivity (Wildman–Crippen MR) is 146 cm³/mol. The van der Waals surface area contributed by atoms with Gasteiger partial charge in [0.2, 0.25) is 5.91 Å². The van der Waals surface area contributed by atoms with E-state index in [0.29, 0.717) is 53.7 Å². The number of aliphatic hydroxyl groups is 1. The number of anilines is 3. The fourth-order valence-electron chi connectivity index (χ4n) is 3.81. The summed E-state index contributed by atoms with van der Waals surface area (Å²) in [4.78, 5) is 24.5. The Balaban J connectivity index is 1.67. The van der Waals surface area contributed by atoms with Gasteiger partial charge in [-0.25, -0.2) is 14.4 Å². The van der Waals surface area contributed by atoms with Crippen molar-refractivity contribution < 1.29 is 19.0 Å². The van der Waals surface area contributed by atoms with E-state index in [1.165, 1.54) is 12.1 Å². The predicted octanol–water partition coefficient (Wildman–Crippen LogP) is 5.21. The minimum atomic E-state index is -0.321. The molecular formula is C27H28FN5O3S. The molecule has 0 aliphatic heterocycles. The third kappa shape index (κ3) is 6.66. The molecule has 4 rings (SSSR count). The van der Waals surface area contributed by atoms with Gasteiger partial charge in [-0.1, -0.05) is 0 Å². The second kappa shape index (κ2) is 12.4. The fourth-order valence-corrected chi connectivity index (χ4v) is 4.02. The Bertz CT molecular complexity index is 1360. The summed E-state index contributed by atoms with van der Waals surface area (Å²) in [6.07, 6.45) is 3.12. The number of ether oxygens (including phenoxy) is 1. The number of aromatic nitrogens is 3. The Morgan fingerprint density at radius 3 is 2.68 bits per heavy atom. The molecular weight excluding hydrogens is 493 g/mol. The summed E-state index contributed by atoms with van der Waals surface area (Å²) in [6.45, 7) is 0.0568. The van der Waals surface area contributed by atoms with Crippen LogP contribution in [0.1, 0.15) is 18.7 Å². The van der Waals surface area contributed by atoms with Crippen LogP contribution in [0.15, 0.2) is 60.8 Å². The molecule has 0 spiro atoms. The number of aliphatic hydroxyl groups excluding tert-OH is 1. The standard InChI is InChI=1S/C27H28FN5O3S/c1-36-22-9-8-20(30-25(35)11-14-37)16-21(22)31-24-15-18(10-12-29-24)27-26(17-4-6-19(28)7-5-17)32-23(33-27)3-2-13-34/h4-10,12,15-16,34,37H,2-3,11,13-14H2,1H3,(H,29,31)(H,30,35)(H,32,33). The molecule has 10 heteroatoms. The number of carbonyl (C=O) groups excluding carboxylic acids is 1. The highest BCUT2D eigenvalue weighted by Gasteiger charge is 2.16. The van der Waals surface area contributed by atoms with Crippen LogP contribution in [0.3, 0.4) is 0 Å². The number of imidazole rings is 1. The number of hydrogen-bond donors (Lipinski definition) is 5. The van der Waals surface area contributed by atoms with E-state index in [1.807, 2.05) is 12.1 Å². The van der Waals surface area contributed by atoms with E-state index in [0.717, 1.165) is 22.6 Å². The normalized spacial score (nSPS) is 10.8. The number of aromatic amines is 1. The Hall–Kier alpha value is -3.89. The zero-order valence-corrected chi connectivity index (χ0v) is 21.2. The van der Waals surface area contributed by atoms with Crippen molar-refractivity contribution in [1.29, 1.82) is 0 Å². The van der Waals surface area contributed by atoms with Gasteiger partial charge < -0.3 is 25.5 Å². The summed E-state index contributed by atoms with van der Waals surface area (Å²) >= 11 is 4.10. The van der Waals surface area contributed by atoms with Gasteiger partial charge in [0.15, 0.2) is 0 Å². The number of aryl methyl sites for hydroxylation is 1. The van der Waals surface area contributed by atoms with Crippen LogP contribution in [-0.2, 0) is 11.2 Å². The molecule has 192 valence electrons. The Labute approximate surface area is 219 Å². The van der Waals surface area contributed by atoms with Crippen LogP contribution in [0.2, 0.25) is 0 Å². The number of nitrogens with zero attached hydrogens (tertiary/aromatic N) is 2. The van der Waals surface area contributed by atoms with Crippen LogP contribution >= 0.6 is 12.6 Å². The quantitative estimate of drug-likeness (QED) is 0.173. The second-order valence-corrected chi connectivity index (χ2v) is 8.68. The smallest absolute Gasteiger partial charge is 0.225 e. The number of hydrogen-bond acceptors (Lipinski definition) is 7. The number of benzene rings is 2. The molecule has 2 aromatic carbocycles. The third-order valence-corrected chi connectivity index (χ3v) is 5.80. The SMILES string of the molecule is COc1ccc(NC(=O)CCS)cc1Nc1cc(-c2nc(CCCO)[nH]c2-c2ccc(F)cc2)ccn1. The van der Waals surface area contributed by atoms with Crippen molar-refractivity contribution in [1.82, 2.24) is 15.0 Å². The lowest BCUT2D eigenvalue weighted by Crippen LogP contribution is -2.12. The fraction of sp³-hybridized carbons (Fsp3) is 0.222. The molecule has 0 saturated heterocycles. The maximum atomic E-state index is 13.5. The van der Waals surface area contributed by atoms with E-state index in [4.69, 9.17) is 9.72 Å². The third-order valence-electron chi connectivity index (χ3n) is 5.58. The lowest BCUT2D eigenvalue weighted by atomic mass is 10.1. The first kappa shape index (κ1) is 26.2. The van der Waals surface area contributed by atoms with Crippen molar-refractivity contribution in [2.75, 3.05) is 30.1 Å².